The number of hydrogen-bond acceptors (Lipinski definition) is 2. The number of hydrogen-bond donors (Lipinski definition) is 1. The van der Waals surface area contributed by atoms with Crippen molar-refractivity contribution in [3.63, 3.8) is 0 Å². The summed E-state index contributed by atoms with van der Waals surface area (Å²) in [6.07, 6.45) is 5.61. The highest BCUT2D eigenvalue weighted by atomic mass is 16.1. The van der Waals surface area contributed by atoms with Crippen LogP contribution in [0.5, 0.6) is 0 Å². The maximum Gasteiger partial charge on any atom is 0.214 e. The van der Waals surface area contributed by atoms with Gasteiger partial charge < -0.3 is 10.2 Å². The molecule has 0 saturated carbocycles. The van der Waals surface area contributed by atoms with Crippen LogP contribution in [0.2, 0.25) is 0 Å². The van der Waals surface area contributed by atoms with Crippen LogP contribution in [0.4, 0.5) is 11.4 Å². The van der Waals surface area contributed by atoms with Gasteiger partial charge in [0.1, 0.15) is 0 Å². The lowest BCUT2D eigenvalue weighted by molar-refractivity contribution is -0.107. The second-order valence-corrected chi connectivity index (χ2v) is 5.72. The Hall–Kier alpha value is -2.29. The van der Waals surface area contributed by atoms with Crippen LogP contribution in [0.3, 0.4) is 0 Å². The average molecular weight is 294 g/mol. The molecule has 1 amide bonds. The van der Waals surface area contributed by atoms with E-state index in [1.807, 2.05) is 18.2 Å². The molecule has 0 fully saturated rings. The molecular weight excluding hydrogens is 272 g/mol. The summed E-state index contributed by atoms with van der Waals surface area (Å²) < 4.78 is 0. The highest BCUT2D eigenvalue weighted by molar-refractivity contribution is 5.77. The van der Waals surface area contributed by atoms with Crippen molar-refractivity contribution in [1.29, 1.82) is 0 Å². The molecule has 0 unspecified atom stereocenters. The monoisotopic (exact) mass is 294 g/mol. The topological polar surface area (TPSA) is 32.3 Å². The van der Waals surface area contributed by atoms with Gasteiger partial charge >= 0.3 is 0 Å². The first kappa shape index (κ1) is 14.6. The van der Waals surface area contributed by atoms with Gasteiger partial charge in [0.25, 0.3) is 0 Å². The molecule has 114 valence electrons. The van der Waals surface area contributed by atoms with Gasteiger partial charge in [-0.2, -0.15) is 0 Å². The summed E-state index contributed by atoms with van der Waals surface area (Å²) in [4.78, 5) is 12.4. The predicted molar refractivity (Wildman–Crippen MR) is 91.4 cm³/mol. The number of benzene rings is 2. The largest absolute Gasteiger partial charge is 0.385 e. The van der Waals surface area contributed by atoms with E-state index >= 15 is 0 Å². The number of carbonyl (C=O) groups excluding carboxylic acids is 1. The lowest BCUT2D eigenvalue weighted by atomic mass is 10.0. The molecule has 2 aromatic carbocycles. The first-order valence-electron chi connectivity index (χ1n) is 8.00. The standard InChI is InChI=1S/C10H11NO.C9H11N/c12-8-11-7-3-5-9-4-1-2-6-10(9)11;1-2-6-9-8(4-1)5-3-7-10-9/h1-2,4,6,8H,3,5,7H2;1-2,4,6,10H,3,5,7H2. The Morgan fingerprint density at radius 3 is 2.45 bits per heavy atom. The molecule has 4 rings (SSSR count). The highest BCUT2D eigenvalue weighted by Crippen LogP contribution is 2.25. The Morgan fingerprint density at radius 1 is 0.909 bits per heavy atom. The third-order valence-corrected chi connectivity index (χ3v) is 4.23. The molecule has 22 heavy (non-hydrogen) atoms. The molecule has 3 nitrogen and oxygen atoms in total. The molecule has 0 aliphatic carbocycles. The summed E-state index contributed by atoms with van der Waals surface area (Å²) in [5, 5.41) is 3.36. The Kier molecular flexibility index (Phi) is 4.74. The number of nitrogens with zero attached hydrogens (tertiary/aromatic N) is 1. The molecule has 0 aromatic heterocycles. The summed E-state index contributed by atoms with van der Waals surface area (Å²) in [6, 6.07) is 16.6. The number of rotatable bonds is 1. The van der Waals surface area contributed by atoms with E-state index in [9.17, 15) is 4.79 Å². The maximum absolute atomic E-state index is 10.6. The number of nitrogens with one attached hydrogen (secondary N) is 1. The summed E-state index contributed by atoms with van der Waals surface area (Å²) in [5.41, 5.74) is 5.16. The fraction of sp³-hybridized carbons (Fsp3) is 0.316. The molecule has 2 aliphatic heterocycles. The third-order valence-electron chi connectivity index (χ3n) is 4.23. The Balaban J connectivity index is 0.000000133. The Bertz CT molecular complexity index is 614. The first-order valence-corrected chi connectivity index (χ1v) is 8.00. The fourth-order valence-corrected chi connectivity index (χ4v) is 3.08. The summed E-state index contributed by atoms with van der Waals surface area (Å²) in [7, 11) is 0. The van der Waals surface area contributed by atoms with E-state index in [1.165, 1.54) is 29.7 Å². The van der Waals surface area contributed by atoms with Crippen molar-refractivity contribution in [2.45, 2.75) is 25.7 Å². The average Bonchev–Trinajstić information content (AvgIpc) is 2.62. The van der Waals surface area contributed by atoms with E-state index in [0.29, 0.717) is 0 Å². The van der Waals surface area contributed by atoms with Crippen molar-refractivity contribution in [3.05, 3.63) is 59.7 Å². The van der Waals surface area contributed by atoms with Gasteiger partial charge in [-0.1, -0.05) is 36.4 Å². The molecule has 2 aromatic rings. The molecule has 1 N–H and O–H groups in total. The third kappa shape index (κ3) is 3.30. The second-order valence-electron chi connectivity index (χ2n) is 5.72. The fourth-order valence-electron chi connectivity index (χ4n) is 3.08. The molecule has 2 aliphatic rings. The van der Waals surface area contributed by atoms with E-state index in [1.54, 1.807) is 4.90 Å². The summed E-state index contributed by atoms with van der Waals surface area (Å²) in [5.74, 6) is 0. The van der Waals surface area contributed by atoms with Crippen LogP contribution in [0, 0.1) is 0 Å². The number of anilines is 2. The van der Waals surface area contributed by atoms with Crippen molar-refractivity contribution < 1.29 is 4.79 Å². The minimum atomic E-state index is 0.862. The zero-order valence-electron chi connectivity index (χ0n) is 12.8. The number of amides is 1. The molecule has 0 bridgehead atoms. The highest BCUT2D eigenvalue weighted by Gasteiger charge is 2.14. The van der Waals surface area contributed by atoms with Crippen molar-refractivity contribution in [2.24, 2.45) is 0 Å². The van der Waals surface area contributed by atoms with Crippen LogP contribution < -0.4 is 10.2 Å². The number of fused-ring (bicyclic) bond motifs is 2. The Labute approximate surface area is 132 Å². The smallest absolute Gasteiger partial charge is 0.214 e. The first-order chi connectivity index (χ1) is 10.9. The van der Waals surface area contributed by atoms with Crippen LogP contribution in [0.25, 0.3) is 0 Å². The van der Waals surface area contributed by atoms with Crippen LogP contribution >= 0.6 is 0 Å². The van der Waals surface area contributed by atoms with Gasteiger partial charge in [0.2, 0.25) is 6.41 Å². The molecule has 3 heteroatoms. The van der Waals surface area contributed by atoms with Gasteiger partial charge in [0.15, 0.2) is 0 Å². The quantitative estimate of drug-likeness (QED) is 0.814. The van der Waals surface area contributed by atoms with Crippen molar-refractivity contribution >= 4 is 17.8 Å². The summed E-state index contributed by atoms with van der Waals surface area (Å²) >= 11 is 0. The normalized spacial score (nSPS) is 15.5. The van der Waals surface area contributed by atoms with Gasteiger partial charge in [-0.25, -0.2) is 0 Å². The number of para-hydroxylation sites is 2. The summed E-state index contributed by atoms with van der Waals surface area (Å²) in [6.45, 7) is 2.00. The van der Waals surface area contributed by atoms with Crippen LogP contribution in [0.15, 0.2) is 48.5 Å². The number of aryl methyl sites for hydroxylation is 2. The second kappa shape index (κ2) is 7.12. The van der Waals surface area contributed by atoms with Crippen LogP contribution in [0.1, 0.15) is 24.0 Å². The molecule has 0 saturated heterocycles. The molecule has 2 heterocycles. The SMILES string of the molecule is O=CN1CCCc2ccccc21.c1ccc2c(c1)CCCN2. The Morgan fingerprint density at radius 2 is 1.64 bits per heavy atom. The van der Waals surface area contributed by atoms with Crippen molar-refractivity contribution in [1.82, 2.24) is 0 Å². The van der Waals surface area contributed by atoms with Gasteiger partial charge in [0.05, 0.1) is 0 Å². The predicted octanol–water partition coefficient (Wildman–Crippen LogP) is 3.64. The molecule has 0 spiro atoms. The van der Waals surface area contributed by atoms with Gasteiger partial charge in [-0.05, 0) is 48.9 Å². The lowest BCUT2D eigenvalue weighted by Gasteiger charge is -2.25. The van der Waals surface area contributed by atoms with Crippen LogP contribution in [-0.2, 0) is 17.6 Å². The van der Waals surface area contributed by atoms with E-state index in [0.717, 1.165) is 38.0 Å². The van der Waals surface area contributed by atoms with Gasteiger partial charge in [-0.3, -0.25) is 4.79 Å². The van der Waals surface area contributed by atoms with Gasteiger partial charge in [0, 0.05) is 24.5 Å². The zero-order chi connectivity index (χ0) is 15.2. The molecule has 0 radical (unpaired) electrons. The van der Waals surface area contributed by atoms with E-state index in [-0.39, 0.29) is 0 Å². The van der Waals surface area contributed by atoms with E-state index in [2.05, 4.69) is 35.6 Å². The minimum Gasteiger partial charge on any atom is -0.385 e. The van der Waals surface area contributed by atoms with Crippen molar-refractivity contribution in [3.8, 4) is 0 Å². The van der Waals surface area contributed by atoms with Crippen molar-refractivity contribution in [2.75, 3.05) is 23.3 Å². The van der Waals surface area contributed by atoms with Crippen LogP contribution in [-0.4, -0.2) is 19.5 Å². The minimum absolute atomic E-state index is 0.862. The molecule has 0 atom stereocenters. The van der Waals surface area contributed by atoms with Gasteiger partial charge in [-0.15, -0.1) is 0 Å². The van der Waals surface area contributed by atoms with E-state index in [4.69, 9.17) is 0 Å². The zero-order valence-corrected chi connectivity index (χ0v) is 12.8. The number of carbonyl (C=O) groups is 1. The maximum atomic E-state index is 10.6. The lowest BCUT2D eigenvalue weighted by Crippen LogP contribution is -2.27. The van der Waals surface area contributed by atoms with E-state index < -0.39 is 0 Å². The molecular formula is C19H22N2O.